The Kier molecular flexibility index (Phi) is 4.56. The molecule has 1 rings (SSSR count). The van der Waals surface area contributed by atoms with E-state index in [1.54, 1.807) is 0 Å². The Bertz CT molecular complexity index is 238. The second-order valence-corrected chi connectivity index (χ2v) is 5.22. The molecule has 0 saturated carbocycles. The first-order valence-electron chi connectivity index (χ1n) is 5.82. The summed E-state index contributed by atoms with van der Waals surface area (Å²) >= 11 is 0. The van der Waals surface area contributed by atoms with E-state index in [0.29, 0.717) is 6.54 Å². The topological polar surface area (TPSA) is 67.6 Å². The van der Waals surface area contributed by atoms with E-state index in [1.807, 2.05) is 20.8 Å². The molecule has 3 N–H and O–H groups in total. The van der Waals surface area contributed by atoms with Crippen molar-refractivity contribution in [2.45, 2.75) is 38.8 Å². The maximum absolute atomic E-state index is 11.5. The molecule has 0 radical (unpaired) electrons. The molecule has 94 valence electrons. The molecular weight excluding hydrogens is 206 g/mol. The molecule has 1 heterocycles. The number of amides is 1. The molecule has 0 aromatic carbocycles. The maximum atomic E-state index is 11.5. The number of ether oxygens (including phenoxy) is 1. The Hall–Kier alpha value is -0.810. The number of nitrogens with two attached hydrogens (primary N) is 1. The summed E-state index contributed by atoms with van der Waals surface area (Å²) in [6.07, 6.45) is 0.645. The zero-order valence-corrected chi connectivity index (χ0v) is 10.5. The van der Waals surface area contributed by atoms with Crippen LogP contribution in [-0.4, -0.2) is 48.8 Å². The number of nitrogens with one attached hydrogen (secondary N) is 1. The lowest BCUT2D eigenvalue weighted by Gasteiger charge is -2.22. The van der Waals surface area contributed by atoms with Gasteiger partial charge in [-0.05, 0) is 27.2 Å². The Labute approximate surface area is 97.3 Å². The van der Waals surface area contributed by atoms with Crippen LogP contribution in [0.2, 0.25) is 0 Å². The van der Waals surface area contributed by atoms with Gasteiger partial charge in [-0.2, -0.15) is 0 Å². The van der Waals surface area contributed by atoms with Crippen LogP contribution in [0, 0.1) is 0 Å². The van der Waals surface area contributed by atoms with Crippen LogP contribution in [0.1, 0.15) is 27.2 Å². The monoisotopic (exact) mass is 229 g/mol. The van der Waals surface area contributed by atoms with Gasteiger partial charge in [0.2, 0.25) is 0 Å². The molecule has 0 unspecified atom stereocenters. The number of rotatable bonds is 3. The van der Waals surface area contributed by atoms with Crippen molar-refractivity contribution in [1.29, 1.82) is 0 Å². The van der Waals surface area contributed by atoms with Crippen LogP contribution in [-0.2, 0) is 4.74 Å². The number of carbonyl (C=O) groups excluding carboxylic acids is 1. The fourth-order valence-corrected chi connectivity index (χ4v) is 1.81. The first-order valence-corrected chi connectivity index (χ1v) is 5.82. The third-order valence-electron chi connectivity index (χ3n) is 2.44. The van der Waals surface area contributed by atoms with E-state index in [9.17, 15) is 4.79 Å². The summed E-state index contributed by atoms with van der Waals surface area (Å²) in [6.45, 7) is 9.02. The summed E-state index contributed by atoms with van der Waals surface area (Å²) in [4.78, 5) is 13.8. The van der Waals surface area contributed by atoms with Gasteiger partial charge >= 0.3 is 6.09 Å². The largest absolute Gasteiger partial charge is 0.444 e. The van der Waals surface area contributed by atoms with E-state index in [4.69, 9.17) is 10.5 Å². The average molecular weight is 229 g/mol. The van der Waals surface area contributed by atoms with Crippen LogP contribution in [0.5, 0.6) is 0 Å². The lowest BCUT2D eigenvalue weighted by atomic mass is 10.2. The molecule has 5 heteroatoms. The lowest BCUT2D eigenvalue weighted by molar-refractivity contribution is 0.0506. The number of hydrogen-bond acceptors (Lipinski definition) is 4. The fraction of sp³-hybridized carbons (Fsp3) is 0.909. The molecule has 1 aliphatic heterocycles. The molecule has 0 aliphatic carbocycles. The summed E-state index contributed by atoms with van der Waals surface area (Å²) < 4.78 is 5.20. The summed E-state index contributed by atoms with van der Waals surface area (Å²) in [5.74, 6) is 0. The van der Waals surface area contributed by atoms with Gasteiger partial charge in [-0.25, -0.2) is 4.79 Å². The van der Waals surface area contributed by atoms with Gasteiger partial charge < -0.3 is 15.8 Å². The first kappa shape index (κ1) is 13.3. The minimum atomic E-state index is -0.431. The van der Waals surface area contributed by atoms with E-state index < -0.39 is 5.60 Å². The third kappa shape index (κ3) is 4.81. The van der Waals surface area contributed by atoms with E-state index in [0.717, 1.165) is 26.1 Å². The van der Waals surface area contributed by atoms with Crippen molar-refractivity contribution in [2.75, 3.05) is 26.2 Å². The standard InChI is InChI=1S/C11H23N3O2/c1-11(2,3)16-10(15)13-9-4-6-14(8-9)7-5-12/h9H,4-8,12H2,1-3H3,(H,13,15)/t9-/m1/s1. The minimum absolute atomic E-state index is 0.196. The van der Waals surface area contributed by atoms with Gasteiger partial charge in [0.25, 0.3) is 0 Å². The van der Waals surface area contributed by atoms with Crippen LogP contribution in [0.15, 0.2) is 0 Å². The summed E-state index contributed by atoms with van der Waals surface area (Å²) in [7, 11) is 0. The van der Waals surface area contributed by atoms with Gasteiger partial charge in [0, 0.05) is 32.2 Å². The maximum Gasteiger partial charge on any atom is 0.407 e. The molecule has 1 saturated heterocycles. The van der Waals surface area contributed by atoms with E-state index in [2.05, 4.69) is 10.2 Å². The Morgan fingerprint density at radius 3 is 2.81 bits per heavy atom. The average Bonchev–Trinajstić information content (AvgIpc) is 2.49. The summed E-state index contributed by atoms with van der Waals surface area (Å²) in [5.41, 5.74) is 5.05. The molecule has 0 spiro atoms. The second-order valence-electron chi connectivity index (χ2n) is 5.22. The van der Waals surface area contributed by atoms with Crippen LogP contribution in [0.25, 0.3) is 0 Å². The van der Waals surface area contributed by atoms with Crippen molar-refractivity contribution in [3.8, 4) is 0 Å². The molecule has 1 fully saturated rings. The van der Waals surface area contributed by atoms with Crippen molar-refractivity contribution in [1.82, 2.24) is 10.2 Å². The van der Waals surface area contributed by atoms with Gasteiger partial charge in [-0.15, -0.1) is 0 Å². The lowest BCUT2D eigenvalue weighted by Crippen LogP contribution is -2.41. The highest BCUT2D eigenvalue weighted by atomic mass is 16.6. The number of alkyl carbamates (subject to hydrolysis) is 1. The SMILES string of the molecule is CC(C)(C)OC(=O)N[C@@H]1CCN(CCN)C1. The molecule has 1 atom stereocenters. The highest BCUT2D eigenvalue weighted by Gasteiger charge is 2.25. The number of carbonyl (C=O) groups is 1. The quantitative estimate of drug-likeness (QED) is 0.741. The van der Waals surface area contributed by atoms with Crippen LogP contribution >= 0.6 is 0 Å². The van der Waals surface area contributed by atoms with Crippen LogP contribution in [0.3, 0.4) is 0 Å². The van der Waals surface area contributed by atoms with Crippen molar-refractivity contribution < 1.29 is 9.53 Å². The number of hydrogen-bond donors (Lipinski definition) is 2. The smallest absolute Gasteiger partial charge is 0.407 e. The summed E-state index contributed by atoms with van der Waals surface area (Å²) in [5, 5.41) is 2.88. The van der Waals surface area contributed by atoms with Crippen molar-refractivity contribution >= 4 is 6.09 Å². The van der Waals surface area contributed by atoms with Crippen molar-refractivity contribution in [3.63, 3.8) is 0 Å². The summed E-state index contributed by atoms with van der Waals surface area (Å²) in [6, 6.07) is 0.196. The number of likely N-dealkylation sites (tertiary alicyclic amines) is 1. The molecular formula is C11H23N3O2. The van der Waals surface area contributed by atoms with Crippen LogP contribution < -0.4 is 11.1 Å². The highest BCUT2D eigenvalue weighted by molar-refractivity contribution is 5.68. The molecule has 0 aromatic heterocycles. The molecule has 16 heavy (non-hydrogen) atoms. The Balaban J connectivity index is 2.26. The molecule has 1 amide bonds. The van der Waals surface area contributed by atoms with E-state index >= 15 is 0 Å². The van der Waals surface area contributed by atoms with Gasteiger partial charge in [0.05, 0.1) is 0 Å². The minimum Gasteiger partial charge on any atom is -0.444 e. The zero-order chi connectivity index (χ0) is 12.2. The normalized spacial score (nSPS) is 22.1. The molecule has 0 aromatic rings. The van der Waals surface area contributed by atoms with Crippen molar-refractivity contribution in [3.05, 3.63) is 0 Å². The van der Waals surface area contributed by atoms with Gasteiger partial charge in [-0.3, -0.25) is 4.90 Å². The fourth-order valence-electron chi connectivity index (χ4n) is 1.81. The Morgan fingerprint density at radius 2 is 2.25 bits per heavy atom. The van der Waals surface area contributed by atoms with Gasteiger partial charge in [0.15, 0.2) is 0 Å². The van der Waals surface area contributed by atoms with Crippen molar-refractivity contribution in [2.24, 2.45) is 5.73 Å². The molecule has 0 bridgehead atoms. The predicted octanol–water partition coefficient (Wildman–Crippen LogP) is 0.544. The second kappa shape index (κ2) is 5.50. The number of nitrogens with zero attached hydrogens (tertiary/aromatic N) is 1. The van der Waals surface area contributed by atoms with Crippen LogP contribution in [0.4, 0.5) is 4.79 Å². The highest BCUT2D eigenvalue weighted by Crippen LogP contribution is 2.10. The van der Waals surface area contributed by atoms with Gasteiger partial charge in [-0.1, -0.05) is 0 Å². The Morgan fingerprint density at radius 1 is 1.56 bits per heavy atom. The third-order valence-corrected chi connectivity index (χ3v) is 2.44. The van der Waals surface area contributed by atoms with Gasteiger partial charge in [0.1, 0.15) is 5.60 Å². The van der Waals surface area contributed by atoms with E-state index in [-0.39, 0.29) is 12.1 Å². The van der Waals surface area contributed by atoms with E-state index in [1.165, 1.54) is 0 Å². The molecule has 5 nitrogen and oxygen atoms in total. The first-order chi connectivity index (χ1) is 7.40. The predicted molar refractivity (Wildman–Crippen MR) is 63.3 cm³/mol. The zero-order valence-electron chi connectivity index (χ0n) is 10.5. The molecule has 1 aliphatic rings.